The third-order valence-electron chi connectivity index (χ3n) is 1.15. The molecule has 0 heterocycles. The van der Waals surface area contributed by atoms with Crippen molar-refractivity contribution in [3.05, 3.63) is 0 Å². The maximum atomic E-state index is 8.19. The second-order valence-corrected chi connectivity index (χ2v) is 2.54. The van der Waals surface area contributed by atoms with E-state index in [1.165, 1.54) is 0 Å². The van der Waals surface area contributed by atoms with E-state index >= 15 is 0 Å². The van der Waals surface area contributed by atoms with Crippen molar-refractivity contribution in [3.8, 4) is 17.9 Å². The van der Waals surface area contributed by atoms with Gasteiger partial charge in [0.15, 0.2) is 0 Å². The van der Waals surface area contributed by atoms with Crippen LogP contribution < -0.4 is 0 Å². The van der Waals surface area contributed by atoms with Gasteiger partial charge in [-0.3, -0.25) is 0 Å². The molecule has 0 bridgehead atoms. The summed E-state index contributed by atoms with van der Waals surface area (Å²) in [4.78, 5) is 0. The molecule has 0 N–H and O–H groups in total. The lowest BCUT2D eigenvalue weighted by Gasteiger charge is -1.83. The molecule has 0 saturated carbocycles. The van der Waals surface area contributed by atoms with Crippen LogP contribution in [0.3, 0.4) is 0 Å². The Hall–Kier alpha value is -0.660. The average Bonchev–Trinajstić information content (AvgIpc) is 2.03. The molecule has 2 heteroatoms. The molecule has 0 unspecified atom stereocenters. The van der Waals surface area contributed by atoms with Gasteiger partial charge in [-0.25, -0.2) is 0 Å². The number of hydrogen-bond donors (Lipinski definition) is 0. The fourth-order valence-corrected chi connectivity index (χ4v) is 0.721. The number of alkyl halides is 1. The number of nitriles is 1. The summed E-state index contributed by atoms with van der Waals surface area (Å²) in [5.74, 6) is 6.68. The van der Waals surface area contributed by atoms with E-state index < -0.39 is 0 Å². The van der Waals surface area contributed by atoms with Crippen LogP contribution in [0.1, 0.15) is 32.1 Å². The quantitative estimate of drug-likeness (QED) is 0.361. The maximum absolute atomic E-state index is 8.19. The van der Waals surface area contributed by atoms with Crippen LogP contribution in [0.15, 0.2) is 0 Å². The monoisotopic (exact) mass is 169 g/mol. The molecule has 0 saturated heterocycles. The lowest BCUT2D eigenvalue weighted by atomic mass is 10.2. The maximum Gasteiger partial charge on any atom is 0.0622 e. The van der Waals surface area contributed by atoms with Crippen LogP contribution in [-0.2, 0) is 0 Å². The summed E-state index contributed by atoms with van der Waals surface area (Å²) in [5.41, 5.74) is 0. The first-order valence-electron chi connectivity index (χ1n) is 3.80. The average molecular weight is 170 g/mol. The van der Waals surface area contributed by atoms with Crippen molar-refractivity contribution < 1.29 is 0 Å². The Labute approximate surface area is 73.4 Å². The summed E-state index contributed by atoms with van der Waals surface area (Å²) in [6.07, 6.45) is 4.20. The number of nitrogens with zero attached hydrogens (tertiary/aromatic N) is 1. The van der Waals surface area contributed by atoms with Crippen LogP contribution >= 0.6 is 11.6 Å². The smallest absolute Gasteiger partial charge is 0.0622 e. The van der Waals surface area contributed by atoms with Crippen molar-refractivity contribution in [3.63, 3.8) is 0 Å². The summed E-state index contributed by atoms with van der Waals surface area (Å²) in [5, 5.41) is 8.19. The molecule has 0 aliphatic heterocycles. The third kappa shape index (κ3) is 9.34. The van der Waals surface area contributed by atoms with Gasteiger partial charge < -0.3 is 0 Å². The van der Waals surface area contributed by atoms with Crippen molar-refractivity contribution in [2.45, 2.75) is 32.1 Å². The van der Waals surface area contributed by atoms with Gasteiger partial charge in [0.2, 0.25) is 0 Å². The highest BCUT2D eigenvalue weighted by molar-refractivity contribution is 6.17. The van der Waals surface area contributed by atoms with E-state index in [0.717, 1.165) is 25.7 Å². The molecule has 0 aromatic heterocycles. The molecule has 0 atom stereocenters. The van der Waals surface area contributed by atoms with Crippen LogP contribution in [0.2, 0.25) is 0 Å². The van der Waals surface area contributed by atoms with Gasteiger partial charge in [-0.1, -0.05) is 0 Å². The molecule has 0 rings (SSSR count). The van der Waals surface area contributed by atoms with Gasteiger partial charge in [0.25, 0.3) is 0 Å². The van der Waals surface area contributed by atoms with E-state index in [0.29, 0.717) is 12.3 Å². The standard InChI is InChI=1S/C9H12ClN/c10-8-6-4-2-1-3-5-7-9-11/h3-8H2. The van der Waals surface area contributed by atoms with Crippen LogP contribution in [-0.4, -0.2) is 5.88 Å². The normalized spacial score (nSPS) is 8.00. The van der Waals surface area contributed by atoms with Crippen molar-refractivity contribution in [1.82, 2.24) is 0 Å². The minimum absolute atomic E-state index is 0.615. The number of hydrogen-bond acceptors (Lipinski definition) is 1. The van der Waals surface area contributed by atoms with Gasteiger partial charge in [0.1, 0.15) is 0 Å². The van der Waals surface area contributed by atoms with E-state index in [9.17, 15) is 0 Å². The molecule has 60 valence electrons. The molecular weight excluding hydrogens is 158 g/mol. The third-order valence-corrected chi connectivity index (χ3v) is 1.42. The molecule has 0 radical (unpaired) electrons. The highest BCUT2D eigenvalue weighted by Crippen LogP contribution is 1.93. The predicted octanol–water partition coefficient (Wildman–Crippen LogP) is 2.70. The summed E-state index contributed by atoms with van der Waals surface area (Å²) in [7, 11) is 0. The fourth-order valence-electron chi connectivity index (χ4n) is 0.588. The Balaban J connectivity index is 3.07. The van der Waals surface area contributed by atoms with E-state index in [2.05, 4.69) is 17.9 Å². The number of unbranched alkanes of at least 4 members (excludes halogenated alkanes) is 3. The molecule has 1 nitrogen and oxygen atoms in total. The molecule has 0 aliphatic carbocycles. The number of rotatable bonds is 4. The highest BCUT2D eigenvalue weighted by Gasteiger charge is 1.80. The Kier molecular flexibility index (Phi) is 8.78. The first-order chi connectivity index (χ1) is 5.41. The summed E-state index contributed by atoms with van der Waals surface area (Å²) >= 11 is 5.45. The molecule has 0 fully saturated rings. The van der Waals surface area contributed by atoms with Crippen molar-refractivity contribution in [2.75, 3.05) is 5.88 Å². The summed E-state index contributed by atoms with van der Waals surface area (Å²) in [6.45, 7) is 0. The molecule has 0 aliphatic rings. The van der Waals surface area contributed by atoms with Gasteiger partial charge in [0, 0.05) is 25.1 Å². The highest BCUT2D eigenvalue weighted by atomic mass is 35.5. The van der Waals surface area contributed by atoms with Gasteiger partial charge in [-0.15, -0.1) is 23.4 Å². The van der Waals surface area contributed by atoms with E-state index in [1.807, 2.05) is 0 Å². The topological polar surface area (TPSA) is 23.8 Å². The van der Waals surface area contributed by atoms with Gasteiger partial charge >= 0.3 is 0 Å². The number of halogens is 1. The van der Waals surface area contributed by atoms with Crippen LogP contribution in [0.25, 0.3) is 0 Å². The zero-order chi connectivity index (χ0) is 8.36. The van der Waals surface area contributed by atoms with Gasteiger partial charge in [0.05, 0.1) is 6.07 Å². The SMILES string of the molecule is N#CCCCC#CCCCCl. The molecular formula is C9H12ClN. The minimum atomic E-state index is 0.615. The lowest BCUT2D eigenvalue weighted by molar-refractivity contribution is 0.890. The van der Waals surface area contributed by atoms with Crippen LogP contribution in [0.5, 0.6) is 0 Å². The van der Waals surface area contributed by atoms with Gasteiger partial charge in [-0.2, -0.15) is 5.26 Å². The Morgan fingerprint density at radius 3 is 2.18 bits per heavy atom. The Morgan fingerprint density at radius 2 is 1.64 bits per heavy atom. The molecule has 0 amide bonds. The summed E-state index contributed by atoms with van der Waals surface area (Å²) in [6, 6.07) is 2.08. The molecule has 0 spiro atoms. The van der Waals surface area contributed by atoms with Crippen LogP contribution in [0.4, 0.5) is 0 Å². The van der Waals surface area contributed by atoms with Crippen LogP contribution in [0, 0.1) is 23.2 Å². The second kappa shape index (κ2) is 9.34. The van der Waals surface area contributed by atoms with Crippen molar-refractivity contribution in [1.29, 1.82) is 5.26 Å². The Morgan fingerprint density at radius 1 is 1.00 bits per heavy atom. The minimum Gasteiger partial charge on any atom is -0.198 e. The zero-order valence-electron chi connectivity index (χ0n) is 6.57. The largest absolute Gasteiger partial charge is 0.198 e. The molecule has 0 aromatic rings. The van der Waals surface area contributed by atoms with E-state index in [-0.39, 0.29) is 0 Å². The molecule has 11 heavy (non-hydrogen) atoms. The summed E-state index contributed by atoms with van der Waals surface area (Å²) < 4.78 is 0. The van der Waals surface area contributed by atoms with Crippen molar-refractivity contribution in [2.24, 2.45) is 0 Å². The van der Waals surface area contributed by atoms with E-state index in [4.69, 9.17) is 16.9 Å². The second-order valence-electron chi connectivity index (χ2n) is 2.16. The Bertz CT molecular complexity index is 170. The predicted molar refractivity (Wildman–Crippen MR) is 47.2 cm³/mol. The fraction of sp³-hybridized carbons (Fsp3) is 0.667. The van der Waals surface area contributed by atoms with Crippen molar-refractivity contribution >= 4 is 11.6 Å². The van der Waals surface area contributed by atoms with E-state index in [1.54, 1.807) is 0 Å². The molecule has 0 aromatic carbocycles. The zero-order valence-corrected chi connectivity index (χ0v) is 7.32. The first kappa shape index (κ1) is 10.3. The lowest BCUT2D eigenvalue weighted by Crippen LogP contribution is -1.72. The van der Waals surface area contributed by atoms with Gasteiger partial charge in [-0.05, 0) is 12.8 Å². The first-order valence-corrected chi connectivity index (χ1v) is 4.34.